The number of carbonyl (C=O) groups excluding carboxylic acids is 2. The molecule has 1 aromatic carbocycles. The maximum Gasteiger partial charge on any atom is 0.338 e. The predicted octanol–water partition coefficient (Wildman–Crippen LogP) is 4.23. The zero-order valence-corrected chi connectivity index (χ0v) is 16.9. The summed E-state index contributed by atoms with van der Waals surface area (Å²) in [5.74, 6) is 0.690. The Balaban J connectivity index is 1.83. The molecule has 0 aromatic heterocycles. The number of hydrogen-bond acceptors (Lipinski definition) is 4. The zero-order chi connectivity index (χ0) is 20.1. The Hall–Kier alpha value is -2.50. The molecule has 1 heterocycles. The number of para-hydroxylation sites is 1. The molecule has 0 bridgehead atoms. The second-order valence-corrected chi connectivity index (χ2v) is 7.88. The minimum absolute atomic E-state index is 0.0228. The van der Waals surface area contributed by atoms with Crippen LogP contribution in [0.25, 0.3) is 0 Å². The SMILES string of the molecule is CC1=C(C(=O)OCC2CCCCC2)[C@H](c2ccccc2OC(C)C)NC(=O)N1. The third-order valence-corrected chi connectivity index (χ3v) is 5.26. The van der Waals surface area contributed by atoms with Crippen molar-refractivity contribution in [3.8, 4) is 5.75 Å². The lowest BCUT2D eigenvalue weighted by molar-refractivity contribution is -0.141. The van der Waals surface area contributed by atoms with Crippen molar-refractivity contribution in [1.29, 1.82) is 0 Å². The molecule has 152 valence electrons. The summed E-state index contributed by atoms with van der Waals surface area (Å²) in [6.45, 7) is 6.05. The van der Waals surface area contributed by atoms with Crippen molar-refractivity contribution >= 4 is 12.0 Å². The van der Waals surface area contributed by atoms with Gasteiger partial charge in [-0.1, -0.05) is 37.5 Å². The number of rotatable bonds is 6. The standard InChI is InChI=1S/C22H30N2O4/c1-14(2)28-18-12-8-7-11-17(18)20-19(15(3)23-22(26)24-20)21(25)27-13-16-9-5-4-6-10-16/h7-8,11-12,14,16,20H,4-6,9-10,13H2,1-3H3,(H2,23,24,26)/t20-/m0/s1. The molecular formula is C22H30N2O4. The van der Waals surface area contributed by atoms with Gasteiger partial charge in [0.25, 0.3) is 0 Å². The number of esters is 1. The van der Waals surface area contributed by atoms with Crippen molar-refractivity contribution in [2.75, 3.05) is 6.61 Å². The van der Waals surface area contributed by atoms with Gasteiger partial charge in [-0.2, -0.15) is 0 Å². The average Bonchev–Trinajstić information content (AvgIpc) is 2.66. The minimum Gasteiger partial charge on any atom is -0.491 e. The van der Waals surface area contributed by atoms with Gasteiger partial charge >= 0.3 is 12.0 Å². The molecule has 0 spiro atoms. The first-order valence-electron chi connectivity index (χ1n) is 10.2. The van der Waals surface area contributed by atoms with Gasteiger partial charge in [0.05, 0.1) is 24.3 Å². The van der Waals surface area contributed by atoms with Gasteiger partial charge in [-0.15, -0.1) is 0 Å². The maximum absolute atomic E-state index is 13.0. The summed E-state index contributed by atoms with van der Waals surface area (Å²) in [7, 11) is 0. The van der Waals surface area contributed by atoms with Gasteiger partial charge in [-0.25, -0.2) is 9.59 Å². The van der Waals surface area contributed by atoms with Crippen molar-refractivity contribution in [2.45, 2.75) is 65.0 Å². The summed E-state index contributed by atoms with van der Waals surface area (Å²) in [6, 6.07) is 6.52. The van der Waals surface area contributed by atoms with E-state index in [-0.39, 0.29) is 18.1 Å². The maximum atomic E-state index is 13.0. The molecule has 6 nitrogen and oxygen atoms in total. The van der Waals surface area contributed by atoms with E-state index in [1.54, 1.807) is 6.92 Å². The molecule has 2 amide bonds. The Labute approximate surface area is 166 Å². The summed E-state index contributed by atoms with van der Waals surface area (Å²) >= 11 is 0. The lowest BCUT2D eigenvalue weighted by Crippen LogP contribution is -2.45. The van der Waals surface area contributed by atoms with Crippen LogP contribution in [0.1, 0.15) is 64.5 Å². The van der Waals surface area contributed by atoms with Crippen LogP contribution in [-0.4, -0.2) is 24.7 Å². The van der Waals surface area contributed by atoms with Crippen molar-refractivity contribution in [3.05, 3.63) is 41.1 Å². The number of nitrogens with one attached hydrogen (secondary N) is 2. The van der Waals surface area contributed by atoms with Gasteiger partial charge < -0.3 is 20.1 Å². The smallest absolute Gasteiger partial charge is 0.338 e. The first-order valence-corrected chi connectivity index (χ1v) is 10.2. The van der Waals surface area contributed by atoms with Crippen molar-refractivity contribution in [2.24, 2.45) is 5.92 Å². The van der Waals surface area contributed by atoms with Crippen LogP contribution in [0.5, 0.6) is 5.75 Å². The summed E-state index contributed by atoms with van der Waals surface area (Å²) in [6.07, 6.45) is 5.85. The fourth-order valence-electron chi connectivity index (χ4n) is 3.90. The highest BCUT2D eigenvalue weighted by Gasteiger charge is 2.34. The summed E-state index contributed by atoms with van der Waals surface area (Å²) in [5.41, 5.74) is 1.69. The van der Waals surface area contributed by atoms with Gasteiger partial charge in [0.2, 0.25) is 0 Å². The molecule has 2 N–H and O–H groups in total. The van der Waals surface area contributed by atoms with Crippen LogP contribution >= 0.6 is 0 Å². The van der Waals surface area contributed by atoms with Crippen LogP contribution in [0, 0.1) is 5.92 Å². The summed E-state index contributed by atoms with van der Waals surface area (Å²) in [4.78, 5) is 25.1. The second-order valence-electron chi connectivity index (χ2n) is 7.88. The number of benzene rings is 1. The number of urea groups is 1. The average molecular weight is 386 g/mol. The van der Waals surface area contributed by atoms with Crippen molar-refractivity contribution < 1.29 is 19.1 Å². The van der Waals surface area contributed by atoms with Crippen LogP contribution in [-0.2, 0) is 9.53 Å². The van der Waals surface area contributed by atoms with E-state index in [4.69, 9.17) is 9.47 Å². The largest absolute Gasteiger partial charge is 0.491 e. The highest BCUT2D eigenvalue weighted by Crippen LogP contribution is 2.34. The third-order valence-electron chi connectivity index (χ3n) is 5.26. The lowest BCUT2D eigenvalue weighted by atomic mass is 9.90. The summed E-state index contributed by atoms with van der Waals surface area (Å²) in [5, 5.41) is 5.55. The molecule has 1 fully saturated rings. The fraction of sp³-hybridized carbons (Fsp3) is 0.545. The molecule has 2 aliphatic rings. The quantitative estimate of drug-likeness (QED) is 0.718. The van der Waals surface area contributed by atoms with Gasteiger partial charge in [-0.3, -0.25) is 0 Å². The molecule has 1 aliphatic heterocycles. The first-order chi connectivity index (χ1) is 13.5. The molecule has 1 aliphatic carbocycles. The van der Waals surface area contributed by atoms with Gasteiger partial charge in [0, 0.05) is 11.3 Å². The van der Waals surface area contributed by atoms with E-state index in [1.807, 2.05) is 38.1 Å². The Morgan fingerprint density at radius 2 is 1.89 bits per heavy atom. The topological polar surface area (TPSA) is 76.7 Å². The predicted molar refractivity (Wildman–Crippen MR) is 107 cm³/mol. The molecule has 3 rings (SSSR count). The molecule has 1 aromatic rings. The molecule has 6 heteroatoms. The highest BCUT2D eigenvalue weighted by molar-refractivity contribution is 5.95. The Morgan fingerprint density at radius 1 is 1.18 bits per heavy atom. The van der Waals surface area contributed by atoms with Crippen LogP contribution < -0.4 is 15.4 Å². The Kier molecular flexibility index (Phi) is 6.60. The van der Waals surface area contributed by atoms with E-state index in [1.165, 1.54) is 19.3 Å². The van der Waals surface area contributed by atoms with E-state index < -0.39 is 6.04 Å². The molecular weight excluding hydrogens is 356 g/mol. The van der Waals surface area contributed by atoms with E-state index in [2.05, 4.69) is 10.6 Å². The van der Waals surface area contributed by atoms with Gasteiger partial charge in [0.15, 0.2) is 0 Å². The Morgan fingerprint density at radius 3 is 2.61 bits per heavy atom. The van der Waals surface area contributed by atoms with E-state index in [0.29, 0.717) is 29.5 Å². The second kappa shape index (κ2) is 9.13. The molecule has 0 radical (unpaired) electrons. The number of carbonyl (C=O) groups is 2. The molecule has 0 saturated heterocycles. The van der Waals surface area contributed by atoms with Crippen molar-refractivity contribution in [3.63, 3.8) is 0 Å². The zero-order valence-electron chi connectivity index (χ0n) is 16.9. The highest BCUT2D eigenvalue weighted by atomic mass is 16.5. The van der Waals surface area contributed by atoms with Crippen molar-refractivity contribution in [1.82, 2.24) is 10.6 Å². The van der Waals surface area contributed by atoms with Crippen LogP contribution in [0.3, 0.4) is 0 Å². The van der Waals surface area contributed by atoms with Gasteiger partial charge in [0.1, 0.15) is 5.75 Å². The molecule has 1 saturated carbocycles. The van der Waals surface area contributed by atoms with Crippen LogP contribution in [0.15, 0.2) is 35.5 Å². The normalized spacial score (nSPS) is 20.6. The Bertz CT molecular complexity index is 751. The number of allylic oxidation sites excluding steroid dienone is 1. The third kappa shape index (κ3) is 4.86. The summed E-state index contributed by atoms with van der Waals surface area (Å²) < 4.78 is 11.6. The minimum atomic E-state index is -0.609. The number of hydrogen-bond donors (Lipinski definition) is 2. The molecule has 1 atom stereocenters. The molecule has 0 unspecified atom stereocenters. The fourth-order valence-corrected chi connectivity index (χ4v) is 3.90. The van der Waals surface area contributed by atoms with Crippen LogP contribution in [0.2, 0.25) is 0 Å². The monoisotopic (exact) mass is 386 g/mol. The van der Waals surface area contributed by atoms with E-state index in [9.17, 15) is 9.59 Å². The van der Waals surface area contributed by atoms with Gasteiger partial charge in [-0.05, 0) is 45.6 Å². The number of amides is 2. The van der Waals surface area contributed by atoms with Crippen LogP contribution in [0.4, 0.5) is 4.79 Å². The first kappa shape index (κ1) is 20.2. The van der Waals surface area contributed by atoms with E-state index >= 15 is 0 Å². The lowest BCUT2D eigenvalue weighted by Gasteiger charge is -2.30. The molecule has 28 heavy (non-hydrogen) atoms. The van der Waals surface area contributed by atoms with E-state index in [0.717, 1.165) is 18.4 Å². The number of ether oxygens (including phenoxy) is 2.